The Morgan fingerprint density at radius 3 is 3.05 bits per heavy atom. The minimum absolute atomic E-state index is 0.00292. The van der Waals surface area contributed by atoms with E-state index in [1.807, 2.05) is 17.0 Å². The van der Waals surface area contributed by atoms with Gasteiger partial charge in [-0.15, -0.1) is 11.3 Å². The molecule has 0 saturated carbocycles. The zero-order chi connectivity index (χ0) is 13.4. The molecule has 1 aromatic carbocycles. The van der Waals surface area contributed by atoms with Crippen molar-refractivity contribution in [2.24, 2.45) is 0 Å². The van der Waals surface area contributed by atoms with E-state index in [9.17, 15) is 4.79 Å². The number of hydrogen-bond acceptors (Lipinski definition) is 2. The Kier molecular flexibility index (Phi) is 3.65. The summed E-state index contributed by atoms with van der Waals surface area (Å²) in [5.74, 6) is 0.00292. The lowest BCUT2D eigenvalue weighted by Gasteiger charge is -2.27. The minimum atomic E-state index is 0.00292. The first-order chi connectivity index (χ1) is 9.16. The summed E-state index contributed by atoms with van der Waals surface area (Å²) < 4.78 is 0.758. The lowest BCUT2D eigenvalue weighted by atomic mass is 10.1. The molecule has 19 heavy (non-hydrogen) atoms. The summed E-state index contributed by atoms with van der Waals surface area (Å²) >= 11 is 11.3. The minimum Gasteiger partial charge on any atom is -0.334 e. The van der Waals surface area contributed by atoms with Crippen LogP contribution in [0.25, 0.3) is 0 Å². The number of thiophene rings is 1. The second kappa shape index (κ2) is 5.27. The van der Waals surface area contributed by atoms with Gasteiger partial charge in [-0.05, 0) is 51.5 Å². The van der Waals surface area contributed by atoms with Crippen LogP contribution >= 0.6 is 38.9 Å². The molecule has 2 nitrogen and oxygen atoms in total. The molecule has 1 aliphatic rings. The molecule has 3 rings (SSSR count). The van der Waals surface area contributed by atoms with E-state index in [2.05, 4.69) is 27.4 Å². The number of rotatable bonds is 1. The predicted octanol–water partition coefficient (Wildman–Crippen LogP) is 4.36. The van der Waals surface area contributed by atoms with Gasteiger partial charge in [0.15, 0.2) is 0 Å². The van der Waals surface area contributed by atoms with Gasteiger partial charge in [0.2, 0.25) is 0 Å². The van der Waals surface area contributed by atoms with Gasteiger partial charge in [0.1, 0.15) is 0 Å². The molecule has 1 aliphatic heterocycles. The maximum Gasteiger partial charge on any atom is 0.255 e. The van der Waals surface area contributed by atoms with Gasteiger partial charge in [-0.2, -0.15) is 0 Å². The number of nitrogens with zero attached hydrogens (tertiary/aromatic N) is 1. The molecule has 2 aromatic rings. The van der Waals surface area contributed by atoms with Crippen LogP contribution < -0.4 is 0 Å². The molecule has 0 fully saturated rings. The number of halogens is 2. The third-order valence-electron chi connectivity index (χ3n) is 3.28. The Morgan fingerprint density at radius 1 is 1.37 bits per heavy atom. The third-order valence-corrected chi connectivity index (χ3v) is 5.60. The first-order valence-electron chi connectivity index (χ1n) is 5.95. The highest BCUT2D eigenvalue weighted by Gasteiger charge is 2.24. The number of fused-ring (bicyclic) bond motifs is 1. The highest BCUT2D eigenvalue weighted by molar-refractivity contribution is 9.10. The van der Waals surface area contributed by atoms with Gasteiger partial charge in [-0.3, -0.25) is 4.79 Å². The van der Waals surface area contributed by atoms with E-state index in [0.29, 0.717) is 17.1 Å². The van der Waals surface area contributed by atoms with Gasteiger partial charge in [0.05, 0.1) is 10.6 Å². The normalized spacial score (nSPS) is 14.3. The van der Waals surface area contributed by atoms with Gasteiger partial charge >= 0.3 is 0 Å². The fourth-order valence-corrected chi connectivity index (χ4v) is 3.72. The number of hydrogen-bond donors (Lipinski definition) is 0. The lowest BCUT2D eigenvalue weighted by Crippen LogP contribution is -2.35. The van der Waals surface area contributed by atoms with E-state index < -0.39 is 0 Å². The number of carbonyl (C=O) groups excluding carboxylic acids is 1. The molecular formula is C14H11BrClNOS. The summed E-state index contributed by atoms with van der Waals surface area (Å²) in [6, 6.07) is 7.55. The Hall–Kier alpha value is -0.840. The van der Waals surface area contributed by atoms with Crippen molar-refractivity contribution in [3.63, 3.8) is 0 Å². The van der Waals surface area contributed by atoms with Crippen LogP contribution in [0.15, 0.2) is 34.1 Å². The van der Waals surface area contributed by atoms with E-state index in [1.165, 1.54) is 10.4 Å². The van der Waals surface area contributed by atoms with Crippen molar-refractivity contribution in [1.82, 2.24) is 4.90 Å². The molecule has 0 radical (unpaired) electrons. The SMILES string of the molecule is O=C(c1cccc(Br)c1Cl)N1CCc2sccc2C1. The molecular weight excluding hydrogens is 346 g/mol. The molecule has 0 atom stereocenters. The molecule has 2 heterocycles. The van der Waals surface area contributed by atoms with Crippen molar-refractivity contribution >= 4 is 44.8 Å². The Bertz CT molecular complexity index is 640. The monoisotopic (exact) mass is 355 g/mol. The van der Waals surface area contributed by atoms with Crippen LogP contribution in [-0.4, -0.2) is 17.4 Å². The standard InChI is InChI=1S/C14H11BrClNOS/c15-11-3-1-2-10(13(11)16)14(18)17-6-4-12-9(8-17)5-7-19-12/h1-3,5,7H,4,6,8H2. The molecule has 0 unspecified atom stereocenters. The van der Waals surface area contributed by atoms with Crippen LogP contribution in [0.3, 0.4) is 0 Å². The first kappa shape index (κ1) is 13.2. The second-order valence-electron chi connectivity index (χ2n) is 4.45. The van der Waals surface area contributed by atoms with Crippen molar-refractivity contribution in [1.29, 1.82) is 0 Å². The molecule has 0 bridgehead atoms. The summed E-state index contributed by atoms with van der Waals surface area (Å²) in [5.41, 5.74) is 1.82. The second-order valence-corrected chi connectivity index (χ2v) is 6.68. The Balaban J connectivity index is 1.88. The van der Waals surface area contributed by atoms with Crippen LogP contribution in [0.1, 0.15) is 20.8 Å². The van der Waals surface area contributed by atoms with Gasteiger partial charge in [0.25, 0.3) is 5.91 Å². The van der Waals surface area contributed by atoms with E-state index in [4.69, 9.17) is 11.6 Å². The summed E-state index contributed by atoms with van der Waals surface area (Å²) in [6.07, 6.45) is 0.935. The van der Waals surface area contributed by atoms with Crippen LogP contribution in [0, 0.1) is 0 Å². The quantitative estimate of drug-likeness (QED) is 0.743. The van der Waals surface area contributed by atoms with Crippen molar-refractivity contribution in [2.75, 3.05) is 6.54 Å². The number of benzene rings is 1. The van der Waals surface area contributed by atoms with Crippen molar-refractivity contribution < 1.29 is 4.79 Å². The van der Waals surface area contributed by atoms with Crippen molar-refractivity contribution in [3.05, 3.63) is 55.1 Å². The number of carbonyl (C=O) groups is 1. The zero-order valence-electron chi connectivity index (χ0n) is 10.0. The average Bonchev–Trinajstić information content (AvgIpc) is 2.88. The van der Waals surface area contributed by atoms with Crippen LogP contribution in [-0.2, 0) is 13.0 Å². The topological polar surface area (TPSA) is 20.3 Å². The average molecular weight is 357 g/mol. The molecule has 0 aliphatic carbocycles. The number of amides is 1. The van der Waals surface area contributed by atoms with Crippen LogP contribution in [0.2, 0.25) is 5.02 Å². The molecule has 5 heteroatoms. The van der Waals surface area contributed by atoms with Crippen LogP contribution in [0.5, 0.6) is 0 Å². The smallest absolute Gasteiger partial charge is 0.255 e. The lowest BCUT2D eigenvalue weighted by molar-refractivity contribution is 0.0736. The maximum absolute atomic E-state index is 12.5. The summed E-state index contributed by atoms with van der Waals surface area (Å²) in [6.45, 7) is 1.44. The molecule has 1 amide bonds. The Morgan fingerprint density at radius 2 is 2.21 bits per heavy atom. The van der Waals surface area contributed by atoms with E-state index >= 15 is 0 Å². The molecule has 0 spiro atoms. The molecule has 0 N–H and O–H groups in total. The van der Waals surface area contributed by atoms with Crippen molar-refractivity contribution in [3.8, 4) is 0 Å². The van der Waals surface area contributed by atoms with E-state index in [1.54, 1.807) is 17.4 Å². The van der Waals surface area contributed by atoms with E-state index in [-0.39, 0.29) is 5.91 Å². The summed E-state index contributed by atoms with van der Waals surface area (Å²) in [4.78, 5) is 15.8. The third kappa shape index (κ3) is 2.45. The van der Waals surface area contributed by atoms with Crippen LogP contribution in [0.4, 0.5) is 0 Å². The highest BCUT2D eigenvalue weighted by Crippen LogP contribution is 2.29. The highest BCUT2D eigenvalue weighted by atomic mass is 79.9. The summed E-state index contributed by atoms with van der Waals surface area (Å²) in [5, 5.41) is 2.58. The zero-order valence-corrected chi connectivity index (χ0v) is 13.2. The van der Waals surface area contributed by atoms with Gasteiger partial charge < -0.3 is 4.90 Å². The first-order valence-corrected chi connectivity index (χ1v) is 8.00. The summed E-state index contributed by atoms with van der Waals surface area (Å²) in [7, 11) is 0. The van der Waals surface area contributed by atoms with Gasteiger partial charge in [-0.1, -0.05) is 17.7 Å². The largest absolute Gasteiger partial charge is 0.334 e. The Labute approximate surface area is 129 Å². The fraction of sp³-hybridized carbons (Fsp3) is 0.214. The fourth-order valence-electron chi connectivity index (χ4n) is 2.26. The molecule has 0 saturated heterocycles. The van der Waals surface area contributed by atoms with E-state index in [0.717, 1.165) is 17.4 Å². The molecule has 98 valence electrons. The van der Waals surface area contributed by atoms with Crippen molar-refractivity contribution in [2.45, 2.75) is 13.0 Å². The predicted molar refractivity (Wildman–Crippen MR) is 81.9 cm³/mol. The van der Waals surface area contributed by atoms with Gasteiger partial charge in [0, 0.05) is 22.4 Å². The maximum atomic E-state index is 12.5. The molecule has 1 aromatic heterocycles. The van der Waals surface area contributed by atoms with Gasteiger partial charge in [-0.25, -0.2) is 0 Å².